The fourth-order valence-electron chi connectivity index (χ4n) is 1.96. The van der Waals surface area contributed by atoms with Gasteiger partial charge in [-0.2, -0.15) is 0 Å². The molecule has 0 atom stereocenters. The summed E-state index contributed by atoms with van der Waals surface area (Å²) in [6.45, 7) is 5.60. The maximum absolute atomic E-state index is 4.29. The quantitative estimate of drug-likeness (QED) is 0.816. The van der Waals surface area contributed by atoms with Crippen LogP contribution in [0.5, 0.6) is 0 Å². The third-order valence-corrected chi connectivity index (χ3v) is 2.99. The van der Waals surface area contributed by atoms with Crippen molar-refractivity contribution in [3.8, 4) is 0 Å². The maximum atomic E-state index is 4.29. The first-order valence-corrected chi connectivity index (χ1v) is 6.42. The van der Waals surface area contributed by atoms with Gasteiger partial charge in [-0.3, -0.25) is 0 Å². The summed E-state index contributed by atoms with van der Waals surface area (Å²) in [6.07, 6.45) is 4.15. The number of hydrogen-bond acceptors (Lipinski definition) is 6. The minimum absolute atomic E-state index is 0.598. The molecule has 7 nitrogen and oxygen atoms in total. The number of anilines is 2. The first-order chi connectivity index (χ1) is 9.30. The van der Waals surface area contributed by atoms with Gasteiger partial charge < -0.3 is 15.2 Å². The van der Waals surface area contributed by atoms with Gasteiger partial charge in [0.25, 0.3) is 0 Å². The van der Waals surface area contributed by atoms with E-state index in [-0.39, 0.29) is 0 Å². The molecule has 0 saturated heterocycles. The Morgan fingerprint density at radius 1 is 1.21 bits per heavy atom. The lowest BCUT2D eigenvalue weighted by molar-refractivity contribution is 0.707. The van der Waals surface area contributed by atoms with Crippen molar-refractivity contribution in [1.29, 1.82) is 0 Å². The van der Waals surface area contributed by atoms with Crippen molar-refractivity contribution < 1.29 is 0 Å². The number of nitrogens with zero attached hydrogens (tertiary/aromatic N) is 5. The molecule has 2 aromatic rings. The molecule has 0 aliphatic heterocycles. The van der Waals surface area contributed by atoms with E-state index < -0.39 is 0 Å². The van der Waals surface area contributed by atoms with E-state index in [4.69, 9.17) is 0 Å². The topological polar surface area (TPSA) is 80.6 Å². The van der Waals surface area contributed by atoms with E-state index >= 15 is 0 Å². The van der Waals surface area contributed by atoms with E-state index in [0.717, 1.165) is 36.0 Å². The predicted molar refractivity (Wildman–Crippen MR) is 74.0 cm³/mol. The molecule has 0 aromatic carbocycles. The third kappa shape index (κ3) is 2.81. The Balaban J connectivity index is 2.15. The van der Waals surface area contributed by atoms with Crippen LogP contribution in [-0.4, -0.2) is 31.8 Å². The fourth-order valence-corrected chi connectivity index (χ4v) is 1.96. The summed E-state index contributed by atoms with van der Waals surface area (Å²) in [5, 5.41) is 14.4. The van der Waals surface area contributed by atoms with Crippen LogP contribution in [0.25, 0.3) is 0 Å². The average molecular weight is 261 g/mol. The van der Waals surface area contributed by atoms with E-state index in [1.807, 2.05) is 11.6 Å². The van der Waals surface area contributed by atoms with Gasteiger partial charge in [-0.1, -0.05) is 6.92 Å². The van der Waals surface area contributed by atoms with E-state index in [0.29, 0.717) is 6.54 Å². The minimum atomic E-state index is 0.598. The minimum Gasteiger partial charge on any atom is -0.373 e. The summed E-state index contributed by atoms with van der Waals surface area (Å²) in [6, 6.07) is 0. The van der Waals surface area contributed by atoms with Crippen LogP contribution in [0.4, 0.5) is 11.6 Å². The van der Waals surface area contributed by atoms with Gasteiger partial charge >= 0.3 is 0 Å². The molecule has 102 valence electrons. The molecule has 0 unspecified atom stereocenters. The zero-order valence-electron chi connectivity index (χ0n) is 11.5. The van der Waals surface area contributed by atoms with Crippen LogP contribution in [0.2, 0.25) is 0 Å². The molecule has 0 radical (unpaired) electrons. The molecule has 19 heavy (non-hydrogen) atoms. The van der Waals surface area contributed by atoms with Crippen molar-refractivity contribution in [2.75, 3.05) is 17.7 Å². The SMILES string of the molecule is CCc1c(NC)ncnc1NCc1nncn1CC. The number of nitrogens with one attached hydrogen (secondary N) is 2. The Morgan fingerprint density at radius 2 is 2.00 bits per heavy atom. The summed E-state index contributed by atoms with van der Waals surface area (Å²) in [5.41, 5.74) is 1.08. The lowest BCUT2D eigenvalue weighted by atomic mass is 10.2. The van der Waals surface area contributed by atoms with Crippen LogP contribution >= 0.6 is 0 Å². The summed E-state index contributed by atoms with van der Waals surface area (Å²) in [4.78, 5) is 8.51. The second-order valence-corrected chi connectivity index (χ2v) is 4.04. The van der Waals surface area contributed by atoms with Crippen molar-refractivity contribution in [1.82, 2.24) is 24.7 Å². The standard InChI is InChI=1S/C12H19N7/c1-4-9-11(13-3)15-7-16-12(9)14-6-10-18-17-8-19(10)5-2/h7-8H,4-6H2,1-3H3,(H2,13,14,15,16). The molecular weight excluding hydrogens is 242 g/mol. The second-order valence-electron chi connectivity index (χ2n) is 4.04. The number of aromatic nitrogens is 5. The van der Waals surface area contributed by atoms with Gasteiger partial charge in [-0.25, -0.2) is 9.97 Å². The zero-order chi connectivity index (χ0) is 13.7. The normalized spacial score (nSPS) is 10.5. The molecule has 0 fully saturated rings. The van der Waals surface area contributed by atoms with Gasteiger partial charge in [0.1, 0.15) is 24.3 Å². The maximum Gasteiger partial charge on any atom is 0.152 e. The molecule has 7 heteroatoms. The van der Waals surface area contributed by atoms with Crippen molar-refractivity contribution >= 4 is 11.6 Å². The molecule has 0 bridgehead atoms. The summed E-state index contributed by atoms with van der Waals surface area (Å²) in [5.74, 6) is 2.60. The molecule has 0 amide bonds. The van der Waals surface area contributed by atoms with Crippen molar-refractivity contribution in [3.63, 3.8) is 0 Å². The van der Waals surface area contributed by atoms with E-state index in [1.54, 1.807) is 12.7 Å². The fraction of sp³-hybridized carbons (Fsp3) is 0.500. The first kappa shape index (κ1) is 13.3. The number of rotatable bonds is 6. The highest BCUT2D eigenvalue weighted by Gasteiger charge is 2.09. The molecule has 2 heterocycles. The van der Waals surface area contributed by atoms with Gasteiger partial charge in [0.2, 0.25) is 0 Å². The summed E-state index contributed by atoms with van der Waals surface area (Å²) in [7, 11) is 1.86. The molecule has 2 rings (SSSR count). The van der Waals surface area contributed by atoms with Gasteiger partial charge in [0.05, 0.1) is 6.54 Å². The number of aryl methyl sites for hydroxylation is 1. The van der Waals surface area contributed by atoms with Gasteiger partial charge in [0.15, 0.2) is 5.82 Å². The Kier molecular flexibility index (Phi) is 4.27. The Labute approximate surface area is 112 Å². The molecule has 0 saturated carbocycles. The van der Waals surface area contributed by atoms with Gasteiger partial charge in [-0.15, -0.1) is 10.2 Å². The average Bonchev–Trinajstić information content (AvgIpc) is 2.91. The molecule has 2 N–H and O–H groups in total. The van der Waals surface area contributed by atoms with Gasteiger partial charge in [-0.05, 0) is 13.3 Å². The summed E-state index contributed by atoms with van der Waals surface area (Å²) < 4.78 is 2.00. The highest BCUT2D eigenvalue weighted by atomic mass is 15.3. The zero-order valence-corrected chi connectivity index (χ0v) is 11.5. The van der Waals surface area contributed by atoms with Crippen molar-refractivity contribution in [2.45, 2.75) is 33.4 Å². The monoisotopic (exact) mass is 261 g/mol. The summed E-state index contributed by atoms with van der Waals surface area (Å²) >= 11 is 0. The second kappa shape index (κ2) is 6.12. The number of hydrogen-bond donors (Lipinski definition) is 2. The smallest absolute Gasteiger partial charge is 0.152 e. The molecule has 0 aliphatic carbocycles. The van der Waals surface area contributed by atoms with E-state index in [1.165, 1.54) is 0 Å². The largest absolute Gasteiger partial charge is 0.373 e. The lowest BCUT2D eigenvalue weighted by Crippen LogP contribution is -2.11. The van der Waals surface area contributed by atoms with Crippen molar-refractivity contribution in [2.24, 2.45) is 0 Å². The lowest BCUT2D eigenvalue weighted by Gasteiger charge is -2.12. The van der Waals surface area contributed by atoms with Crippen molar-refractivity contribution in [3.05, 3.63) is 24.0 Å². The Morgan fingerprint density at radius 3 is 2.68 bits per heavy atom. The molecular formula is C12H19N7. The van der Waals surface area contributed by atoms with Gasteiger partial charge in [0, 0.05) is 19.2 Å². The molecule has 2 aromatic heterocycles. The van der Waals surface area contributed by atoms with Crippen LogP contribution in [0.15, 0.2) is 12.7 Å². The highest BCUT2D eigenvalue weighted by Crippen LogP contribution is 2.20. The highest BCUT2D eigenvalue weighted by molar-refractivity contribution is 5.57. The van der Waals surface area contributed by atoms with Crippen LogP contribution < -0.4 is 10.6 Å². The Bertz CT molecular complexity index is 535. The van der Waals surface area contributed by atoms with E-state index in [2.05, 4.69) is 44.6 Å². The predicted octanol–water partition coefficient (Wildman–Crippen LogP) is 1.30. The van der Waals surface area contributed by atoms with Crippen LogP contribution in [0, 0.1) is 0 Å². The van der Waals surface area contributed by atoms with E-state index in [9.17, 15) is 0 Å². The van der Waals surface area contributed by atoms with Crippen LogP contribution in [-0.2, 0) is 19.5 Å². The molecule has 0 spiro atoms. The Hall–Kier alpha value is -2.18. The van der Waals surface area contributed by atoms with Crippen LogP contribution in [0.3, 0.4) is 0 Å². The van der Waals surface area contributed by atoms with Crippen LogP contribution in [0.1, 0.15) is 25.2 Å². The third-order valence-electron chi connectivity index (χ3n) is 2.99. The first-order valence-electron chi connectivity index (χ1n) is 6.42. The molecule has 0 aliphatic rings.